The number of halogens is 2. The van der Waals surface area contributed by atoms with Crippen LogP contribution in [0.1, 0.15) is 36.5 Å². The van der Waals surface area contributed by atoms with Gasteiger partial charge in [0.25, 0.3) is 5.91 Å². The third kappa shape index (κ3) is 3.09. The largest absolute Gasteiger partial charge is 0.347 e. The van der Waals surface area contributed by atoms with E-state index in [-0.39, 0.29) is 26.0 Å². The lowest BCUT2D eigenvalue weighted by Crippen LogP contribution is -2.50. The van der Waals surface area contributed by atoms with Crippen LogP contribution in [0.15, 0.2) is 17.0 Å². The molecule has 110 valence electrons. The first-order chi connectivity index (χ1) is 9.12. The van der Waals surface area contributed by atoms with Gasteiger partial charge in [-0.2, -0.15) is 0 Å². The molecular formula is C12H14Cl2N2O3S. The van der Waals surface area contributed by atoms with Crippen molar-refractivity contribution in [3.63, 3.8) is 0 Å². The highest BCUT2D eigenvalue weighted by atomic mass is 35.5. The summed E-state index contributed by atoms with van der Waals surface area (Å²) in [7, 11) is -4.04. The van der Waals surface area contributed by atoms with Gasteiger partial charge in [-0.05, 0) is 38.3 Å². The lowest BCUT2D eigenvalue weighted by atomic mass is 9.78. The Hall–Kier alpha value is -0.820. The Bertz CT molecular complexity index is 670. The molecule has 1 saturated carbocycles. The predicted molar refractivity (Wildman–Crippen MR) is 77.6 cm³/mol. The van der Waals surface area contributed by atoms with E-state index in [0.29, 0.717) is 0 Å². The lowest BCUT2D eigenvalue weighted by molar-refractivity contribution is 0.0850. The molecule has 8 heteroatoms. The van der Waals surface area contributed by atoms with E-state index in [1.165, 1.54) is 6.07 Å². The van der Waals surface area contributed by atoms with Crippen molar-refractivity contribution in [2.75, 3.05) is 0 Å². The van der Waals surface area contributed by atoms with Gasteiger partial charge in [-0.3, -0.25) is 4.79 Å². The van der Waals surface area contributed by atoms with E-state index in [1.54, 1.807) is 0 Å². The minimum absolute atomic E-state index is 0.0258. The number of nitrogens with two attached hydrogens (primary N) is 1. The monoisotopic (exact) mass is 336 g/mol. The first-order valence-electron chi connectivity index (χ1n) is 5.97. The number of carbonyl (C=O) groups excluding carboxylic acids is 1. The fourth-order valence-electron chi connectivity index (χ4n) is 2.08. The fourth-order valence-corrected chi connectivity index (χ4v) is 3.44. The highest BCUT2D eigenvalue weighted by Crippen LogP contribution is 2.33. The molecule has 1 aliphatic carbocycles. The molecule has 5 nitrogen and oxygen atoms in total. The summed E-state index contributed by atoms with van der Waals surface area (Å²) >= 11 is 11.7. The maximum absolute atomic E-state index is 12.1. The summed E-state index contributed by atoms with van der Waals surface area (Å²) in [5.41, 5.74) is -0.123. The zero-order valence-electron chi connectivity index (χ0n) is 10.7. The summed E-state index contributed by atoms with van der Waals surface area (Å²) in [6.45, 7) is 1.94. The Balaban J connectivity index is 2.38. The Morgan fingerprint density at radius 1 is 1.35 bits per heavy atom. The second-order valence-corrected chi connectivity index (χ2v) is 7.50. The van der Waals surface area contributed by atoms with Gasteiger partial charge in [-0.15, -0.1) is 0 Å². The summed E-state index contributed by atoms with van der Waals surface area (Å²) in [6, 6.07) is 2.47. The molecule has 0 atom stereocenters. The van der Waals surface area contributed by atoms with Crippen LogP contribution in [0.5, 0.6) is 0 Å². The number of hydrogen-bond donors (Lipinski definition) is 2. The summed E-state index contributed by atoms with van der Waals surface area (Å²) in [5, 5.41) is 7.71. The zero-order chi connectivity index (χ0) is 15.1. The van der Waals surface area contributed by atoms with E-state index in [1.807, 2.05) is 6.92 Å². The van der Waals surface area contributed by atoms with Crippen LogP contribution in [-0.2, 0) is 10.0 Å². The average molecular weight is 337 g/mol. The second-order valence-electron chi connectivity index (χ2n) is 5.18. The summed E-state index contributed by atoms with van der Waals surface area (Å²) in [5.74, 6) is -0.393. The number of rotatable bonds is 3. The second kappa shape index (κ2) is 5.18. The van der Waals surface area contributed by atoms with Gasteiger partial charge in [0.15, 0.2) is 0 Å². The van der Waals surface area contributed by atoms with Gasteiger partial charge >= 0.3 is 0 Å². The summed E-state index contributed by atoms with van der Waals surface area (Å²) in [4.78, 5) is 11.8. The molecule has 2 rings (SSSR count). The highest BCUT2D eigenvalue weighted by molar-refractivity contribution is 7.89. The minimum atomic E-state index is -4.04. The molecular weight excluding hydrogens is 323 g/mol. The highest BCUT2D eigenvalue weighted by Gasteiger charge is 2.33. The van der Waals surface area contributed by atoms with Gasteiger partial charge in [0.05, 0.1) is 10.0 Å². The Morgan fingerprint density at radius 3 is 2.40 bits per heavy atom. The molecule has 1 aromatic rings. The SMILES string of the molecule is CC1(NC(=O)c2cc(Cl)c(Cl)c(S(N)(=O)=O)c2)CCC1. The molecule has 0 heterocycles. The summed E-state index contributed by atoms with van der Waals surface area (Å²) in [6.07, 6.45) is 2.84. The van der Waals surface area contributed by atoms with Crippen molar-refractivity contribution in [2.45, 2.75) is 36.6 Å². The Morgan fingerprint density at radius 2 is 1.95 bits per heavy atom. The third-order valence-corrected chi connectivity index (χ3v) is 5.29. The molecule has 1 fully saturated rings. The normalized spacial score (nSPS) is 17.4. The van der Waals surface area contributed by atoms with Gasteiger partial charge in [0.1, 0.15) is 4.90 Å². The first kappa shape index (κ1) is 15.6. The van der Waals surface area contributed by atoms with Crippen LogP contribution < -0.4 is 10.5 Å². The number of primary sulfonamides is 1. The molecule has 0 aromatic heterocycles. The number of carbonyl (C=O) groups is 1. The van der Waals surface area contributed by atoms with E-state index < -0.39 is 15.9 Å². The van der Waals surface area contributed by atoms with Crippen LogP contribution in [0.25, 0.3) is 0 Å². The quantitative estimate of drug-likeness (QED) is 0.887. The average Bonchev–Trinajstić information content (AvgIpc) is 2.28. The summed E-state index contributed by atoms with van der Waals surface area (Å²) < 4.78 is 22.9. The van der Waals surface area contributed by atoms with Crippen LogP contribution in [0.2, 0.25) is 10.0 Å². The van der Waals surface area contributed by atoms with E-state index in [2.05, 4.69) is 5.32 Å². The number of sulfonamides is 1. The smallest absolute Gasteiger partial charge is 0.251 e. The first-order valence-corrected chi connectivity index (χ1v) is 8.27. The van der Waals surface area contributed by atoms with Crippen LogP contribution in [0.4, 0.5) is 0 Å². The van der Waals surface area contributed by atoms with Crippen molar-refractivity contribution < 1.29 is 13.2 Å². The molecule has 0 aliphatic heterocycles. The predicted octanol–water partition coefficient (Wildman–Crippen LogP) is 2.31. The number of hydrogen-bond acceptors (Lipinski definition) is 3. The van der Waals surface area contributed by atoms with E-state index >= 15 is 0 Å². The fraction of sp³-hybridized carbons (Fsp3) is 0.417. The maximum atomic E-state index is 12.1. The number of amides is 1. The van der Waals surface area contributed by atoms with Crippen molar-refractivity contribution in [2.24, 2.45) is 5.14 Å². The van der Waals surface area contributed by atoms with Gasteiger partial charge in [-0.1, -0.05) is 23.2 Å². The molecule has 0 saturated heterocycles. The van der Waals surface area contributed by atoms with Crippen LogP contribution >= 0.6 is 23.2 Å². The molecule has 1 amide bonds. The third-order valence-electron chi connectivity index (χ3n) is 3.44. The Labute approximate surface area is 127 Å². The molecule has 0 spiro atoms. The van der Waals surface area contributed by atoms with E-state index in [0.717, 1.165) is 25.3 Å². The van der Waals surface area contributed by atoms with Crippen molar-refractivity contribution >= 4 is 39.1 Å². The van der Waals surface area contributed by atoms with Crippen LogP contribution in [0.3, 0.4) is 0 Å². The zero-order valence-corrected chi connectivity index (χ0v) is 13.1. The van der Waals surface area contributed by atoms with E-state index in [4.69, 9.17) is 28.3 Å². The standard InChI is InChI=1S/C12H14Cl2N2O3S/c1-12(3-2-4-12)16-11(17)7-5-8(13)10(14)9(6-7)20(15,18)19/h5-6H,2-4H2,1H3,(H,16,17)(H2,15,18,19). The minimum Gasteiger partial charge on any atom is -0.347 e. The van der Waals surface area contributed by atoms with Crippen molar-refractivity contribution in [3.05, 3.63) is 27.7 Å². The topological polar surface area (TPSA) is 89.3 Å². The van der Waals surface area contributed by atoms with Gasteiger partial charge in [0, 0.05) is 11.1 Å². The van der Waals surface area contributed by atoms with Crippen molar-refractivity contribution in [1.82, 2.24) is 5.32 Å². The lowest BCUT2D eigenvalue weighted by Gasteiger charge is -2.39. The molecule has 1 aliphatic rings. The molecule has 0 bridgehead atoms. The number of nitrogens with one attached hydrogen (secondary N) is 1. The molecule has 20 heavy (non-hydrogen) atoms. The van der Waals surface area contributed by atoms with Crippen LogP contribution in [0, 0.1) is 0 Å². The van der Waals surface area contributed by atoms with Gasteiger partial charge in [0.2, 0.25) is 10.0 Å². The maximum Gasteiger partial charge on any atom is 0.251 e. The molecule has 3 N–H and O–H groups in total. The molecule has 0 radical (unpaired) electrons. The van der Waals surface area contributed by atoms with Crippen molar-refractivity contribution in [1.29, 1.82) is 0 Å². The Kier molecular flexibility index (Phi) is 4.03. The van der Waals surface area contributed by atoms with Gasteiger partial charge in [-0.25, -0.2) is 13.6 Å². The van der Waals surface area contributed by atoms with Crippen LogP contribution in [-0.4, -0.2) is 19.9 Å². The molecule has 0 unspecified atom stereocenters. The van der Waals surface area contributed by atoms with Gasteiger partial charge < -0.3 is 5.32 Å². The van der Waals surface area contributed by atoms with Crippen molar-refractivity contribution in [3.8, 4) is 0 Å². The molecule has 1 aromatic carbocycles. The van der Waals surface area contributed by atoms with E-state index in [9.17, 15) is 13.2 Å². The number of benzene rings is 1.